The number of halogens is 1. The van der Waals surface area contributed by atoms with Crippen molar-refractivity contribution in [3.05, 3.63) is 46.3 Å². The average Bonchev–Trinajstić information content (AvgIpc) is 3.44. The molecule has 0 unspecified atom stereocenters. The quantitative estimate of drug-likeness (QED) is 0.479. The van der Waals surface area contributed by atoms with E-state index in [1.807, 2.05) is 16.8 Å². The zero-order chi connectivity index (χ0) is 24.4. The lowest BCUT2D eigenvalue weighted by molar-refractivity contribution is -0.401. The number of carbonyl (C=O) groups is 2. The van der Waals surface area contributed by atoms with E-state index in [2.05, 4.69) is 5.32 Å². The number of furan rings is 1. The van der Waals surface area contributed by atoms with E-state index >= 15 is 0 Å². The molecule has 0 radical (unpaired) electrons. The van der Waals surface area contributed by atoms with Crippen molar-refractivity contribution in [2.75, 3.05) is 47.9 Å². The molecule has 34 heavy (non-hydrogen) atoms. The highest BCUT2D eigenvalue weighted by Gasteiger charge is 2.33. The molecule has 0 aliphatic carbocycles. The van der Waals surface area contributed by atoms with Crippen LogP contribution in [0.3, 0.4) is 0 Å². The molecule has 2 aliphatic rings. The van der Waals surface area contributed by atoms with Crippen LogP contribution in [0.5, 0.6) is 0 Å². The first kappa shape index (κ1) is 23.3. The number of carbonyl (C=O) groups excluding carboxylic acids is 2. The maximum Gasteiger partial charge on any atom is 0.434 e. The summed E-state index contributed by atoms with van der Waals surface area (Å²) in [5.74, 6) is -0.533. The minimum Gasteiger partial charge on any atom is -0.442 e. The van der Waals surface area contributed by atoms with Gasteiger partial charge in [-0.3, -0.25) is 19.8 Å². The Bertz CT molecular complexity index is 1080. The average molecular weight is 475 g/mol. The molecule has 1 N–H and O–H groups in total. The third-order valence-corrected chi connectivity index (χ3v) is 6.15. The lowest BCUT2D eigenvalue weighted by atomic mass is 10.0. The standard InChI is InChI=1S/C22H26FN5O6/c1-14(29)24-12-17-13-27(22(30)33-17)16-3-4-19(18(23)11-16)26-9-7-15(8-10-26)25(2)20-5-6-21(34-20)28(31)32/h3-6,11,15,17H,7-10,12-13H2,1-2H3,(H,24,29)/t17-/m0/s1. The number of nitro groups is 1. The van der Waals surface area contributed by atoms with Gasteiger partial charge in [0.1, 0.15) is 16.8 Å². The summed E-state index contributed by atoms with van der Waals surface area (Å²) >= 11 is 0. The van der Waals surface area contributed by atoms with Crippen molar-refractivity contribution in [3.8, 4) is 0 Å². The molecule has 1 atom stereocenters. The number of amides is 2. The third-order valence-electron chi connectivity index (χ3n) is 6.15. The van der Waals surface area contributed by atoms with Gasteiger partial charge in [-0.25, -0.2) is 9.18 Å². The Kier molecular flexibility index (Phi) is 6.57. The highest BCUT2D eigenvalue weighted by atomic mass is 19.1. The molecule has 2 aromatic rings. The highest BCUT2D eigenvalue weighted by Crippen LogP contribution is 2.32. The van der Waals surface area contributed by atoms with E-state index in [0.717, 1.165) is 12.8 Å². The number of piperidine rings is 1. The zero-order valence-corrected chi connectivity index (χ0v) is 18.9. The number of hydrogen-bond donors (Lipinski definition) is 1. The van der Waals surface area contributed by atoms with Crippen LogP contribution in [0.25, 0.3) is 0 Å². The SMILES string of the molecule is CC(=O)NC[C@H]1CN(c2ccc(N3CCC(N(C)c4ccc([N+](=O)[O-])o4)CC3)c(F)c2)C(=O)O1. The molecule has 1 aromatic heterocycles. The zero-order valence-electron chi connectivity index (χ0n) is 18.9. The number of anilines is 3. The molecule has 0 bridgehead atoms. The van der Waals surface area contributed by atoms with Gasteiger partial charge in [0.25, 0.3) is 0 Å². The van der Waals surface area contributed by atoms with E-state index in [0.29, 0.717) is 30.3 Å². The monoisotopic (exact) mass is 475 g/mol. The summed E-state index contributed by atoms with van der Waals surface area (Å²) in [5.41, 5.74) is 0.839. The summed E-state index contributed by atoms with van der Waals surface area (Å²) in [7, 11) is 1.83. The van der Waals surface area contributed by atoms with Crippen molar-refractivity contribution in [2.24, 2.45) is 0 Å². The minimum absolute atomic E-state index is 0.101. The summed E-state index contributed by atoms with van der Waals surface area (Å²) < 4.78 is 25.5. The Morgan fingerprint density at radius 3 is 2.65 bits per heavy atom. The molecule has 182 valence electrons. The lowest BCUT2D eigenvalue weighted by Gasteiger charge is -2.37. The van der Waals surface area contributed by atoms with Gasteiger partial charge in [-0.1, -0.05) is 0 Å². The van der Waals surface area contributed by atoms with Crippen molar-refractivity contribution in [1.82, 2.24) is 5.32 Å². The molecule has 1 aromatic carbocycles. The minimum atomic E-state index is -0.579. The molecule has 3 heterocycles. The van der Waals surface area contributed by atoms with E-state index in [9.17, 15) is 24.1 Å². The topological polar surface area (TPSA) is 121 Å². The number of benzene rings is 1. The van der Waals surface area contributed by atoms with Crippen LogP contribution in [0.2, 0.25) is 0 Å². The van der Waals surface area contributed by atoms with Gasteiger partial charge in [-0.15, -0.1) is 0 Å². The maximum atomic E-state index is 15.0. The van der Waals surface area contributed by atoms with Crippen LogP contribution in [-0.2, 0) is 9.53 Å². The Morgan fingerprint density at radius 1 is 1.29 bits per heavy atom. The Hall–Kier alpha value is -3.83. The van der Waals surface area contributed by atoms with E-state index in [1.165, 1.54) is 24.0 Å². The van der Waals surface area contributed by atoms with E-state index in [4.69, 9.17) is 9.15 Å². The van der Waals surface area contributed by atoms with Crippen molar-refractivity contribution >= 4 is 35.1 Å². The van der Waals surface area contributed by atoms with Gasteiger partial charge in [0.05, 0.1) is 30.5 Å². The second-order valence-electron chi connectivity index (χ2n) is 8.39. The third kappa shape index (κ3) is 4.90. The predicted molar refractivity (Wildman–Crippen MR) is 122 cm³/mol. The maximum absolute atomic E-state index is 15.0. The lowest BCUT2D eigenvalue weighted by Crippen LogP contribution is -2.43. The van der Waals surface area contributed by atoms with Crippen molar-refractivity contribution < 1.29 is 28.1 Å². The fourth-order valence-electron chi connectivity index (χ4n) is 4.30. The number of rotatable bonds is 7. The van der Waals surface area contributed by atoms with Crippen LogP contribution >= 0.6 is 0 Å². The van der Waals surface area contributed by atoms with Crippen LogP contribution in [0.1, 0.15) is 19.8 Å². The van der Waals surface area contributed by atoms with Crippen LogP contribution in [0.15, 0.2) is 34.7 Å². The molecule has 12 heteroatoms. The molecule has 11 nitrogen and oxygen atoms in total. The number of hydrogen-bond acceptors (Lipinski definition) is 8. The summed E-state index contributed by atoms with van der Waals surface area (Å²) in [6.45, 7) is 3.00. The van der Waals surface area contributed by atoms with Gasteiger partial charge >= 0.3 is 12.0 Å². The normalized spacial score (nSPS) is 18.7. The largest absolute Gasteiger partial charge is 0.442 e. The van der Waals surface area contributed by atoms with Gasteiger partial charge in [-0.2, -0.15) is 0 Å². The smallest absolute Gasteiger partial charge is 0.434 e. The summed E-state index contributed by atoms with van der Waals surface area (Å²) in [5, 5.41) is 13.5. The predicted octanol–water partition coefficient (Wildman–Crippen LogP) is 2.89. The van der Waals surface area contributed by atoms with Crippen LogP contribution in [-0.4, -0.2) is 62.3 Å². The molecule has 2 amide bonds. The molecule has 2 saturated heterocycles. The fraction of sp³-hybridized carbons (Fsp3) is 0.455. The summed E-state index contributed by atoms with van der Waals surface area (Å²) in [6.07, 6.45) is 0.362. The van der Waals surface area contributed by atoms with Gasteiger partial charge in [0.15, 0.2) is 0 Å². The van der Waals surface area contributed by atoms with Crippen LogP contribution < -0.4 is 20.0 Å². The molecule has 4 rings (SSSR count). The molecule has 0 spiro atoms. The van der Waals surface area contributed by atoms with Gasteiger partial charge < -0.3 is 24.3 Å². The Balaban J connectivity index is 1.36. The molecule has 0 saturated carbocycles. The number of ether oxygens (including phenoxy) is 1. The number of cyclic esters (lactones) is 1. The van der Waals surface area contributed by atoms with E-state index < -0.39 is 22.9 Å². The summed E-state index contributed by atoms with van der Waals surface area (Å²) in [6, 6.07) is 7.66. The van der Waals surface area contributed by atoms with Crippen LogP contribution in [0.4, 0.5) is 32.3 Å². The van der Waals surface area contributed by atoms with Crippen molar-refractivity contribution in [2.45, 2.75) is 31.9 Å². The van der Waals surface area contributed by atoms with E-state index in [-0.39, 0.29) is 30.9 Å². The molecule has 2 fully saturated rings. The molecule has 2 aliphatic heterocycles. The number of nitrogens with zero attached hydrogens (tertiary/aromatic N) is 4. The fourth-order valence-corrected chi connectivity index (χ4v) is 4.30. The Morgan fingerprint density at radius 2 is 2.03 bits per heavy atom. The first-order valence-corrected chi connectivity index (χ1v) is 11.0. The Labute approximate surface area is 195 Å². The second-order valence-corrected chi connectivity index (χ2v) is 8.39. The highest BCUT2D eigenvalue weighted by molar-refractivity contribution is 5.90. The molecular formula is C22H26FN5O6. The second kappa shape index (κ2) is 9.57. The number of nitrogens with one attached hydrogen (secondary N) is 1. The van der Waals surface area contributed by atoms with Crippen molar-refractivity contribution in [1.29, 1.82) is 0 Å². The first-order chi connectivity index (χ1) is 16.2. The van der Waals surface area contributed by atoms with Crippen molar-refractivity contribution in [3.63, 3.8) is 0 Å². The van der Waals surface area contributed by atoms with Gasteiger partial charge in [-0.05, 0) is 31.0 Å². The van der Waals surface area contributed by atoms with E-state index in [1.54, 1.807) is 18.2 Å². The van der Waals surface area contributed by atoms with Gasteiger partial charge in [0, 0.05) is 39.2 Å². The van der Waals surface area contributed by atoms with Crippen LogP contribution in [0, 0.1) is 15.9 Å². The summed E-state index contributed by atoms with van der Waals surface area (Å²) in [4.78, 5) is 38.7. The molecular weight excluding hydrogens is 449 g/mol. The first-order valence-electron chi connectivity index (χ1n) is 11.0. The van der Waals surface area contributed by atoms with Gasteiger partial charge in [0.2, 0.25) is 11.8 Å².